The SMILES string of the molecule is c1ccc([Si]2(c3ccccc3)c3ccccc3N(c3ccc4ccc(N5c6ccccc6[Si](c6ccccc6)(c6ccccc6)c6cc(-n7c8ccccc8c8ccccc87)ccc65)nc4c3)c3ccc(-n4c5ccccc5c5ccccc54)cc32)cc1. The number of pyridine rings is 1. The third-order valence-corrected chi connectivity index (χ3v) is 28.7. The lowest BCUT2D eigenvalue weighted by molar-refractivity contribution is 1.17. The van der Waals surface area contributed by atoms with E-state index in [1.165, 1.54) is 96.5 Å². The lowest BCUT2D eigenvalue weighted by Gasteiger charge is -2.45. The average molecular weight is 1150 g/mol. The minimum atomic E-state index is -3.08. The van der Waals surface area contributed by atoms with Gasteiger partial charge in [-0.3, -0.25) is 4.90 Å². The molecule has 0 saturated carbocycles. The molecule has 88 heavy (non-hydrogen) atoms. The second-order valence-electron chi connectivity index (χ2n) is 23.4. The molecular weight excluding hydrogens is 1100 g/mol. The summed E-state index contributed by atoms with van der Waals surface area (Å²) in [6.45, 7) is 0. The van der Waals surface area contributed by atoms with Crippen molar-refractivity contribution in [3.8, 4) is 11.4 Å². The van der Waals surface area contributed by atoms with Crippen LogP contribution < -0.4 is 51.3 Å². The summed E-state index contributed by atoms with van der Waals surface area (Å²) in [6.07, 6.45) is 0. The van der Waals surface area contributed by atoms with Crippen molar-refractivity contribution < 1.29 is 0 Å². The lowest BCUT2D eigenvalue weighted by atomic mass is 10.1. The van der Waals surface area contributed by atoms with Gasteiger partial charge < -0.3 is 14.0 Å². The van der Waals surface area contributed by atoms with Crippen molar-refractivity contribution in [3.05, 3.63) is 334 Å². The first-order valence-corrected chi connectivity index (χ1v) is 34.4. The number of hydrogen-bond donors (Lipinski definition) is 0. The maximum atomic E-state index is 5.86. The Morgan fingerprint density at radius 3 is 1.00 bits per heavy atom. The van der Waals surface area contributed by atoms with Crippen molar-refractivity contribution in [1.29, 1.82) is 0 Å². The van der Waals surface area contributed by atoms with E-state index >= 15 is 0 Å². The van der Waals surface area contributed by atoms with Crippen LogP contribution >= 0.6 is 0 Å². The molecule has 18 rings (SSSR count). The second kappa shape index (κ2) is 19.7. The van der Waals surface area contributed by atoms with Gasteiger partial charge in [0.1, 0.15) is 5.82 Å². The van der Waals surface area contributed by atoms with E-state index in [4.69, 9.17) is 4.98 Å². The molecule has 0 spiro atoms. The molecule has 0 fully saturated rings. The topological polar surface area (TPSA) is 29.2 Å². The monoisotopic (exact) mass is 1150 g/mol. The summed E-state index contributed by atoms with van der Waals surface area (Å²) in [5.41, 5.74) is 13.6. The van der Waals surface area contributed by atoms with Crippen LogP contribution in [0.15, 0.2) is 334 Å². The molecule has 16 aromatic rings. The van der Waals surface area contributed by atoms with Crippen molar-refractivity contribution in [1.82, 2.24) is 14.1 Å². The Balaban J connectivity index is 0.865. The largest absolute Gasteiger partial charge is 0.311 e. The zero-order valence-corrected chi connectivity index (χ0v) is 50.0. The van der Waals surface area contributed by atoms with Crippen LogP contribution in [0, 0.1) is 0 Å². The Labute approximate surface area is 512 Å². The summed E-state index contributed by atoms with van der Waals surface area (Å²) in [7, 11) is -6.15. The van der Waals surface area contributed by atoms with Crippen LogP contribution in [0.1, 0.15) is 0 Å². The van der Waals surface area contributed by atoms with Gasteiger partial charge in [0.25, 0.3) is 0 Å². The van der Waals surface area contributed by atoms with Crippen molar-refractivity contribution in [2.75, 3.05) is 9.80 Å². The smallest absolute Gasteiger partial charge is 0.184 e. The van der Waals surface area contributed by atoms with Gasteiger partial charge in [-0.15, -0.1) is 0 Å². The summed E-state index contributed by atoms with van der Waals surface area (Å²) < 4.78 is 4.94. The highest BCUT2D eigenvalue weighted by Crippen LogP contribution is 2.44. The molecule has 0 bridgehead atoms. The number of aromatic nitrogens is 3. The van der Waals surface area contributed by atoms with Crippen LogP contribution in [0.3, 0.4) is 0 Å². The second-order valence-corrected chi connectivity index (χ2v) is 30.8. The molecule has 5 heterocycles. The van der Waals surface area contributed by atoms with Crippen molar-refractivity contribution in [2.45, 2.75) is 0 Å². The molecule has 3 aromatic heterocycles. The standard InChI is InChI=1S/C81H55N5Si2/c1-5-25-60(26-6-1)87(61-27-7-2-8-28-61)77-43-23-21-41-73(77)85(75-50-48-58(54-79(75)87)83-69-37-17-13-33-64(69)65-34-14-18-38-70(65)83)57-47-45-56-46-52-81(82-68(56)53-57)86-74-42-22-24-44-78(74)88(62-29-9-3-10-30-62,63-31-11-4-12-32-63)80-55-59(49-51-76(80)86)84-71-39-19-15-35-66(71)67-36-16-20-40-72(67)84/h1-55H. The molecule has 0 aliphatic carbocycles. The normalized spacial score (nSPS) is 13.8. The van der Waals surface area contributed by atoms with E-state index in [0.29, 0.717) is 0 Å². The van der Waals surface area contributed by atoms with E-state index in [2.05, 4.69) is 353 Å². The lowest BCUT2D eigenvalue weighted by Crippen LogP contribution is -2.77. The average Bonchev–Trinajstić information content (AvgIpc) is 1.96. The Morgan fingerprint density at radius 2 is 0.568 bits per heavy atom. The number of rotatable bonds is 8. The van der Waals surface area contributed by atoms with Crippen LogP contribution in [0.5, 0.6) is 0 Å². The predicted molar refractivity (Wildman–Crippen MR) is 374 cm³/mol. The van der Waals surface area contributed by atoms with Gasteiger partial charge in [0.05, 0.1) is 27.6 Å². The van der Waals surface area contributed by atoms with Gasteiger partial charge >= 0.3 is 0 Å². The molecule has 0 N–H and O–H groups in total. The summed E-state index contributed by atoms with van der Waals surface area (Å²) in [4.78, 5) is 10.8. The molecule has 13 aromatic carbocycles. The maximum Gasteiger partial charge on any atom is 0.184 e. The highest BCUT2D eigenvalue weighted by Gasteiger charge is 2.51. The van der Waals surface area contributed by atoms with Gasteiger partial charge in [0.2, 0.25) is 0 Å². The van der Waals surface area contributed by atoms with Crippen molar-refractivity contribution in [2.24, 2.45) is 0 Å². The quantitative estimate of drug-likeness (QED) is 0.142. The minimum Gasteiger partial charge on any atom is -0.311 e. The van der Waals surface area contributed by atoms with Gasteiger partial charge in [0, 0.05) is 66.7 Å². The number of fused-ring (bicyclic) bond motifs is 11. The fourth-order valence-corrected chi connectivity index (χ4v) is 25.7. The molecule has 7 heteroatoms. The van der Waals surface area contributed by atoms with Gasteiger partial charge in [-0.05, 0) is 139 Å². The summed E-state index contributed by atoms with van der Waals surface area (Å²) in [5, 5.41) is 16.7. The summed E-state index contributed by atoms with van der Waals surface area (Å²) in [6, 6.07) is 125. The Hall–Kier alpha value is -11.1. The number of anilines is 6. The predicted octanol–water partition coefficient (Wildman–Crippen LogP) is 14.8. The van der Waals surface area contributed by atoms with Gasteiger partial charge in [-0.2, -0.15) is 0 Å². The first-order chi connectivity index (χ1) is 43.7. The van der Waals surface area contributed by atoms with E-state index in [1.54, 1.807) is 0 Å². The summed E-state index contributed by atoms with van der Waals surface area (Å²) in [5.74, 6) is 0.863. The van der Waals surface area contributed by atoms with Crippen molar-refractivity contribution >= 4 is 146 Å². The van der Waals surface area contributed by atoms with Gasteiger partial charge in [0.15, 0.2) is 16.1 Å². The van der Waals surface area contributed by atoms with Crippen LogP contribution in [-0.2, 0) is 0 Å². The molecule has 0 saturated heterocycles. The molecule has 412 valence electrons. The number of hydrogen-bond acceptors (Lipinski definition) is 3. The van der Waals surface area contributed by atoms with E-state index in [1.807, 2.05) is 0 Å². The first-order valence-electron chi connectivity index (χ1n) is 30.4. The van der Waals surface area contributed by atoms with Gasteiger partial charge in [-0.25, -0.2) is 4.98 Å². The highest BCUT2D eigenvalue weighted by molar-refractivity contribution is 7.22. The minimum absolute atomic E-state index is 0.863. The fraction of sp³-hybridized carbons (Fsp3) is 0. The number of nitrogens with zero attached hydrogens (tertiary/aromatic N) is 5. The molecule has 0 amide bonds. The zero-order chi connectivity index (χ0) is 57.9. The van der Waals surface area contributed by atoms with E-state index in [0.717, 1.165) is 45.2 Å². The van der Waals surface area contributed by atoms with Crippen LogP contribution in [0.4, 0.5) is 34.3 Å². The third-order valence-electron chi connectivity index (χ3n) is 19.0. The van der Waals surface area contributed by atoms with E-state index in [-0.39, 0.29) is 0 Å². The molecular formula is C81H55N5Si2. The highest BCUT2D eigenvalue weighted by atomic mass is 28.3. The molecule has 2 aliphatic rings. The molecule has 2 aliphatic heterocycles. The molecule has 5 nitrogen and oxygen atoms in total. The van der Waals surface area contributed by atoms with E-state index < -0.39 is 16.1 Å². The van der Waals surface area contributed by atoms with Crippen molar-refractivity contribution in [3.63, 3.8) is 0 Å². The Morgan fingerprint density at radius 1 is 0.239 bits per heavy atom. The number of para-hydroxylation sites is 6. The Bertz CT molecular complexity index is 4910. The number of benzene rings is 13. The molecule has 0 atom stereocenters. The third kappa shape index (κ3) is 7.17. The zero-order valence-electron chi connectivity index (χ0n) is 48.0. The van der Waals surface area contributed by atoms with Gasteiger partial charge in [-0.1, -0.05) is 237 Å². The molecule has 0 unspecified atom stereocenters. The fourth-order valence-electron chi connectivity index (χ4n) is 15.5. The van der Waals surface area contributed by atoms with Crippen LogP contribution in [0.2, 0.25) is 0 Å². The van der Waals surface area contributed by atoms with Crippen LogP contribution in [0.25, 0.3) is 65.9 Å². The van der Waals surface area contributed by atoms with Crippen LogP contribution in [-0.4, -0.2) is 30.3 Å². The maximum absolute atomic E-state index is 5.86. The summed E-state index contributed by atoms with van der Waals surface area (Å²) >= 11 is 0. The Kier molecular flexibility index (Phi) is 11.3. The molecule has 0 radical (unpaired) electrons. The van der Waals surface area contributed by atoms with E-state index in [9.17, 15) is 0 Å². The first kappa shape index (κ1) is 50.2.